The molecule has 0 radical (unpaired) electrons. The van der Waals surface area contributed by atoms with Crippen LogP contribution in [0.25, 0.3) is 0 Å². The number of aliphatic hydroxyl groups is 19. The molecule has 33 nitrogen and oxygen atoms in total. The van der Waals surface area contributed by atoms with Gasteiger partial charge in [0.05, 0.1) is 58.0 Å². The fraction of sp³-hybridized carbons (Fsp3) is 0.984. The quantitative estimate of drug-likeness (QED) is 0.0504. The molecule has 0 spiro atoms. The Morgan fingerprint density at radius 1 is 0.526 bits per heavy atom. The molecule has 7 saturated heterocycles. The summed E-state index contributed by atoms with van der Waals surface area (Å²) >= 11 is 0. The highest BCUT2D eigenvalue weighted by Gasteiger charge is 2.71. The maximum absolute atomic E-state index is 14.9. The molecular weight excluding hydrogens is 1270 g/mol. The number of Topliss-reactive ketones (excluding diaryl/α,β-unsaturated/α-hetero) is 1. The maximum Gasteiger partial charge on any atom is 0.187 e. The minimum atomic E-state index is -2.14. The van der Waals surface area contributed by atoms with Gasteiger partial charge in [-0.05, 0) is 86.9 Å². The van der Waals surface area contributed by atoms with E-state index in [9.17, 15) is 102 Å². The average Bonchev–Trinajstić information content (AvgIpc) is 1.56. The average molecular weight is 1380 g/mol. The molecule has 4 saturated carbocycles. The highest BCUT2D eigenvalue weighted by Crippen LogP contribution is 2.70. The molecule has 7 aliphatic heterocycles. The third kappa shape index (κ3) is 13.7. The van der Waals surface area contributed by atoms with Crippen LogP contribution < -0.4 is 0 Å². The van der Waals surface area contributed by atoms with Gasteiger partial charge in [0.1, 0.15) is 140 Å². The Balaban J connectivity index is 0.696. The molecule has 4 aliphatic carbocycles. The number of hydrogen-bond donors (Lipinski definition) is 19. The Hall–Kier alpha value is -1.61. The Kier molecular flexibility index (Phi) is 23.3. The minimum absolute atomic E-state index is 0.0144. The van der Waals surface area contributed by atoms with E-state index in [1.54, 1.807) is 0 Å². The summed E-state index contributed by atoms with van der Waals surface area (Å²) in [5.74, 6) is -1.79. The van der Waals surface area contributed by atoms with E-state index >= 15 is 0 Å². The summed E-state index contributed by atoms with van der Waals surface area (Å²) in [6, 6.07) is 0. The van der Waals surface area contributed by atoms with E-state index in [1.165, 1.54) is 6.92 Å². The lowest BCUT2D eigenvalue weighted by Crippen LogP contribution is -2.68. The summed E-state index contributed by atoms with van der Waals surface area (Å²) in [5, 5.41) is 206. The van der Waals surface area contributed by atoms with Gasteiger partial charge in [-0.25, -0.2) is 0 Å². The van der Waals surface area contributed by atoms with Crippen LogP contribution in [0.1, 0.15) is 92.4 Å². The van der Waals surface area contributed by atoms with Crippen LogP contribution in [0.5, 0.6) is 0 Å². The second-order valence-electron chi connectivity index (χ2n) is 29.3. The molecule has 7 heterocycles. The van der Waals surface area contributed by atoms with Gasteiger partial charge in [-0.1, -0.05) is 27.7 Å². The number of rotatable bonds is 20. The molecule has 0 unspecified atom stereocenters. The number of fused-ring (bicyclic) bond motifs is 7. The standard InChI is InChI=1S/C62H102O33/c1-21(19-83-54-46(78)42(74)39(71)31(15-63)87-54)8-11-62(82)22(2)36-30(95-62)13-28-26-7-6-24-12-25(9-10-60(24,4)27(26)14-35(68)61(28,36)5)86-57-48(80)43(75)50(33(17-65)89-57)91-58-49(81)44(76)51(34(18-66)90-58)92-59-53(94-55-45(77)38(70)29(67)20-84-55)52(40(72)32(16-64)88-59)93-56-47(79)41(73)37(69)23(3)85-56/h21-34,36-59,63-67,69-82H,6-20H2,1-5H3/t21-,22+,23+,24+,25+,26-,27+,28+,29-,30+,31-,32-,33-,34-,36+,37+,38+,39-,40-,41-,42+,43-,44-,45-,46-,47-,48-,49-,50+,51-,52+,53-,54-,55+,56+,57-,58+,59+,60+,61-,62-/m1/s1. The molecule has 11 fully saturated rings. The van der Waals surface area contributed by atoms with Crippen molar-refractivity contribution in [3.05, 3.63) is 0 Å². The lowest BCUT2D eigenvalue weighted by atomic mass is 9.44. The predicted octanol–water partition coefficient (Wildman–Crippen LogP) is -7.46. The first kappa shape index (κ1) is 74.6. The van der Waals surface area contributed by atoms with Crippen LogP contribution in [-0.4, -0.2) is 339 Å². The van der Waals surface area contributed by atoms with Crippen LogP contribution in [0.15, 0.2) is 0 Å². The van der Waals surface area contributed by atoms with Gasteiger partial charge in [0.25, 0.3) is 0 Å². The fourth-order valence-corrected chi connectivity index (χ4v) is 17.9. The maximum atomic E-state index is 14.9. The van der Waals surface area contributed by atoms with Crippen molar-refractivity contribution in [1.82, 2.24) is 0 Å². The van der Waals surface area contributed by atoms with Gasteiger partial charge < -0.3 is 159 Å². The van der Waals surface area contributed by atoms with Crippen LogP contribution in [0, 0.1) is 52.3 Å². The first-order valence-corrected chi connectivity index (χ1v) is 33.6. The molecule has 0 bridgehead atoms. The summed E-state index contributed by atoms with van der Waals surface area (Å²) in [5.41, 5.74) is -1.01. The van der Waals surface area contributed by atoms with E-state index in [2.05, 4.69) is 13.8 Å². The summed E-state index contributed by atoms with van der Waals surface area (Å²) in [7, 11) is 0. The van der Waals surface area contributed by atoms with Gasteiger partial charge >= 0.3 is 0 Å². The lowest BCUT2D eigenvalue weighted by molar-refractivity contribution is -0.405. The number of ether oxygens (including phenoxy) is 13. The van der Waals surface area contributed by atoms with Gasteiger partial charge in [-0.15, -0.1) is 0 Å². The summed E-state index contributed by atoms with van der Waals surface area (Å²) in [6.07, 6.45) is -46.0. The number of carbonyl (C=O) groups excluding carboxylic acids is 1. The van der Waals surface area contributed by atoms with Crippen molar-refractivity contribution in [1.29, 1.82) is 0 Å². The first-order valence-electron chi connectivity index (χ1n) is 33.6. The number of hydrogen-bond acceptors (Lipinski definition) is 33. The predicted molar refractivity (Wildman–Crippen MR) is 310 cm³/mol. The fourth-order valence-electron chi connectivity index (χ4n) is 17.9. The molecular formula is C62H102O33. The highest BCUT2D eigenvalue weighted by atomic mass is 16.8. The lowest BCUT2D eigenvalue weighted by Gasteiger charge is -2.60. The van der Waals surface area contributed by atoms with Crippen molar-refractivity contribution in [2.45, 2.75) is 289 Å². The molecule has 0 aromatic heterocycles. The van der Waals surface area contributed by atoms with E-state index in [-0.39, 0.29) is 71.8 Å². The van der Waals surface area contributed by atoms with Crippen molar-refractivity contribution in [2.24, 2.45) is 52.3 Å². The molecule has 11 rings (SSSR count). The molecule has 11 aliphatic rings. The molecule has 548 valence electrons. The normalized spacial score (nSPS) is 55.3. The largest absolute Gasteiger partial charge is 0.394 e. The van der Waals surface area contributed by atoms with Crippen LogP contribution in [0.2, 0.25) is 0 Å². The third-order valence-corrected chi connectivity index (χ3v) is 23.8. The van der Waals surface area contributed by atoms with Gasteiger partial charge in [-0.3, -0.25) is 4.79 Å². The van der Waals surface area contributed by atoms with Crippen molar-refractivity contribution in [3.8, 4) is 0 Å². The van der Waals surface area contributed by atoms with Crippen molar-refractivity contribution in [3.63, 3.8) is 0 Å². The zero-order chi connectivity index (χ0) is 68.8. The molecule has 95 heavy (non-hydrogen) atoms. The molecule has 33 heteroatoms. The van der Waals surface area contributed by atoms with Crippen LogP contribution in [0.3, 0.4) is 0 Å². The first-order chi connectivity index (χ1) is 44.9. The van der Waals surface area contributed by atoms with E-state index in [1.807, 2.05) is 13.8 Å². The van der Waals surface area contributed by atoms with Crippen molar-refractivity contribution < 1.29 is 163 Å². The van der Waals surface area contributed by atoms with Crippen molar-refractivity contribution in [2.75, 3.05) is 39.6 Å². The zero-order valence-electron chi connectivity index (χ0n) is 53.8. The van der Waals surface area contributed by atoms with Crippen LogP contribution in [0.4, 0.5) is 0 Å². The molecule has 0 amide bonds. The summed E-state index contributed by atoms with van der Waals surface area (Å²) in [4.78, 5) is 14.9. The Bertz CT molecular complexity index is 2530. The SMILES string of the molecule is C[C@H](CC[C@@]1(O)O[C@H]2C[C@H]3[C@@H]4CC[C@H]5C[C@@H](O[C@@H]6O[C@H](CO)[C@H](O[C@@H]7O[C@H](CO)[C@@H](O[C@@H]8O[C@H](CO)[C@@H](O)[C@H](O[C@@H]9O[C@@H](C)[C@H](O)[C@@H](O)[C@H]9O)[C@H]8O[C@@H]8OC[C@@H](O)[C@H](O)[C@H]8O)[C@H](O)[C@H]7O)[C@H](O)[C@H]6O)CC[C@]5(C)[C@H]4CC(=O)[C@]3(C)[C@H]2[C@@H]1C)CO[C@@H]1O[C@H](CO)[C@@H](O)[C@H](O)[C@H]1O. The third-order valence-electron chi connectivity index (χ3n) is 23.8. The molecule has 0 aromatic carbocycles. The van der Waals surface area contributed by atoms with Crippen LogP contribution in [-0.2, 0) is 66.4 Å². The monoisotopic (exact) mass is 1370 g/mol. The second-order valence-corrected chi connectivity index (χ2v) is 29.3. The van der Waals surface area contributed by atoms with Gasteiger partial charge in [0, 0.05) is 30.1 Å². The van der Waals surface area contributed by atoms with Gasteiger partial charge in [0.2, 0.25) is 0 Å². The summed E-state index contributed by atoms with van der Waals surface area (Å²) < 4.78 is 77.3. The van der Waals surface area contributed by atoms with Gasteiger partial charge in [0.15, 0.2) is 43.5 Å². The van der Waals surface area contributed by atoms with E-state index in [0.29, 0.717) is 38.5 Å². The Labute approximate surface area is 548 Å². The molecule has 0 aromatic rings. The molecule has 19 N–H and O–H groups in total. The van der Waals surface area contributed by atoms with E-state index in [4.69, 9.17) is 61.6 Å². The zero-order valence-corrected chi connectivity index (χ0v) is 53.8. The van der Waals surface area contributed by atoms with E-state index < -0.39 is 228 Å². The number of aliphatic hydroxyl groups excluding tert-OH is 18. The molecule has 41 atom stereocenters. The summed E-state index contributed by atoms with van der Waals surface area (Å²) in [6.45, 7) is 5.60. The second kappa shape index (κ2) is 29.6. The van der Waals surface area contributed by atoms with E-state index in [0.717, 1.165) is 12.8 Å². The number of carbonyl (C=O) groups is 1. The van der Waals surface area contributed by atoms with Crippen molar-refractivity contribution >= 4 is 5.78 Å². The van der Waals surface area contributed by atoms with Crippen LogP contribution >= 0.6 is 0 Å². The Morgan fingerprint density at radius 3 is 1.69 bits per heavy atom. The topological polar surface area (TPSA) is 521 Å². The highest BCUT2D eigenvalue weighted by molar-refractivity contribution is 5.87. The van der Waals surface area contributed by atoms with Gasteiger partial charge in [-0.2, -0.15) is 0 Å². The Morgan fingerprint density at radius 2 is 1.05 bits per heavy atom. The number of ketones is 1. The minimum Gasteiger partial charge on any atom is -0.394 e. The smallest absolute Gasteiger partial charge is 0.187 e.